The first-order valence-corrected chi connectivity index (χ1v) is 8.13. The quantitative estimate of drug-likeness (QED) is 0.854. The molecule has 1 saturated heterocycles. The smallest absolute Gasteiger partial charge is 0.161 e. The Labute approximate surface area is 141 Å². The van der Waals surface area contributed by atoms with E-state index in [9.17, 15) is 0 Å². The number of para-hydroxylation sites is 1. The lowest BCUT2D eigenvalue weighted by molar-refractivity contribution is 0.228. The van der Waals surface area contributed by atoms with Crippen LogP contribution in [0.3, 0.4) is 0 Å². The maximum atomic E-state index is 9.07. The fourth-order valence-corrected chi connectivity index (χ4v) is 2.97. The summed E-state index contributed by atoms with van der Waals surface area (Å²) in [4.78, 5) is 6.57. The SMILES string of the molecule is N#Cc1nc(N2CCCC(COc3ccccc3)C2)ccc1Cl. The van der Waals surface area contributed by atoms with Crippen LogP contribution < -0.4 is 9.64 Å². The monoisotopic (exact) mass is 327 g/mol. The highest BCUT2D eigenvalue weighted by atomic mass is 35.5. The van der Waals surface area contributed by atoms with E-state index in [0.717, 1.165) is 37.5 Å². The van der Waals surface area contributed by atoms with Gasteiger partial charge in [0.15, 0.2) is 5.69 Å². The Morgan fingerprint density at radius 2 is 2.09 bits per heavy atom. The summed E-state index contributed by atoms with van der Waals surface area (Å²) < 4.78 is 5.87. The van der Waals surface area contributed by atoms with Crippen molar-refractivity contribution in [3.63, 3.8) is 0 Å². The highest BCUT2D eigenvalue weighted by molar-refractivity contribution is 6.31. The Kier molecular flexibility index (Phi) is 4.99. The second-order valence-corrected chi connectivity index (χ2v) is 6.10. The predicted molar refractivity (Wildman–Crippen MR) is 90.8 cm³/mol. The van der Waals surface area contributed by atoms with Crippen LogP contribution in [0.4, 0.5) is 5.82 Å². The molecule has 1 aliphatic rings. The average Bonchev–Trinajstić information content (AvgIpc) is 2.61. The highest BCUT2D eigenvalue weighted by Crippen LogP contribution is 2.25. The summed E-state index contributed by atoms with van der Waals surface area (Å²) in [6.45, 7) is 2.52. The van der Waals surface area contributed by atoms with Crippen LogP contribution in [-0.4, -0.2) is 24.7 Å². The Morgan fingerprint density at radius 1 is 1.26 bits per heavy atom. The van der Waals surface area contributed by atoms with Gasteiger partial charge in [0.05, 0.1) is 11.6 Å². The Bertz CT molecular complexity index is 699. The summed E-state index contributed by atoms with van der Waals surface area (Å²) in [7, 11) is 0. The normalized spacial score (nSPS) is 17.6. The molecule has 1 fully saturated rings. The number of rotatable bonds is 4. The van der Waals surface area contributed by atoms with E-state index >= 15 is 0 Å². The second-order valence-electron chi connectivity index (χ2n) is 5.69. The van der Waals surface area contributed by atoms with Gasteiger partial charge >= 0.3 is 0 Å². The van der Waals surface area contributed by atoms with Gasteiger partial charge in [0, 0.05) is 19.0 Å². The van der Waals surface area contributed by atoms with Gasteiger partial charge in [-0.25, -0.2) is 4.98 Å². The first-order chi connectivity index (χ1) is 11.3. The number of benzene rings is 1. The van der Waals surface area contributed by atoms with Gasteiger partial charge in [-0.3, -0.25) is 0 Å². The standard InChI is InChI=1S/C18H18ClN3O/c19-16-8-9-18(21-17(16)11-20)22-10-4-5-14(12-22)13-23-15-6-2-1-3-7-15/h1-3,6-9,14H,4-5,10,12-13H2. The summed E-state index contributed by atoms with van der Waals surface area (Å²) >= 11 is 5.96. The van der Waals surface area contributed by atoms with Gasteiger partial charge in [0.2, 0.25) is 0 Å². The molecule has 0 saturated carbocycles. The zero-order chi connectivity index (χ0) is 16.1. The van der Waals surface area contributed by atoms with E-state index in [-0.39, 0.29) is 5.69 Å². The topological polar surface area (TPSA) is 49.2 Å². The minimum absolute atomic E-state index is 0.284. The lowest BCUT2D eigenvalue weighted by Gasteiger charge is -2.33. The molecule has 0 amide bonds. The van der Waals surface area contributed by atoms with Crippen molar-refractivity contribution in [3.8, 4) is 11.8 Å². The average molecular weight is 328 g/mol. The maximum absolute atomic E-state index is 9.07. The van der Waals surface area contributed by atoms with Crippen molar-refractivity contribution in [1.29, 1.82) is 5.26 Å². The van der Waals surface area contributed by atoms with Crippen molar-refractivity contribution in [2.75, 3.05) is 24.6 Å². The number of nitriles is 1. The zero-order valence-electron chi connectivity index (χ0n) is 12.8. The number of aromatic nitrogens is 1. The van der Waals surface area contributed by atoms with Crippen LogP contribution in [-0.2, 0) is 0 Å². The van der Waals surface area contributed by atoms with E-state index in [1.165, 1.54) is 0 Å². The summed E-state index contributed by atoms with van der Waals surface area (Å²) in [6.07, 6.45) is 2.23. The fourth-order valence-electron chi connectivity index (χ4n) is 2.83. The van der Waals surface area contributed by atoms with Crippen molar-refractivity contribution in [2.45, 2.75) is 12.8 Å². The summed E-state index contributed by atoms with van der Waals surface area (Å²) in [5.41, 5.74) is 0.284. The molecular weight excluding hydrogens is 310 g/mol. The van der Waals surface area contributed by atoms with Crippen LogP contribution >= 0.6 is 11.6 Å². The molecular formula is C18H18ClN3O. The highest BCUT2D eigenvalue weighted by Gasteiger charge is 2.22. The van der Waals surface area contributed by atoms with E-state index < -0.39 is 0 Å². The van der Waals surface area contributed by atoms with Gasteiger partial charge in [-0.1, -0.05) is 29.8 Å². The van der Waals surface area contributed by atoms with Crippen LogP contribution in [0.5, 0.6) is 5.75 Å². The molecule has 4 nitrogen and oxygen atoms in total. The van der Waals surface area contributed by atoms with Crippen molar-refractivity contribution in [1.82, 2.24) is 4.98 Å². The first-order valence-electron chi connectivity index (χ1n) is 7.75. The molecule has 1 aromatic carbocycles. The molecule has 3 rings (SSSR count). The fraction of sp³-hybridized carbons (Fsp3) is 0.333. The van der Waals surface area contributed by atoms with Crippen LogP contribution in [0.15, 0.2) is 42.5 Å². The van der Waals surface area contributed by atoms with Crippen LogP contribution in [0.25, 0.3) is 0 Å². The number of hydrogen-bond donors (Lipinski definition) is 0. The van der Waals surface area contributed by atoms with Gasteiger partial charge in [-0.15, -0.1) is 0 Å². The second kappa shape index (κ2) is 7.34. The van der Waals surface area contributed by atoms with Gasteiger partial charge < -0.3 is 9.64 Å². The Morgan fingerprint density at radius 3 is 2.87 bits per heavy atom. The number of hydrogen-bond acceptors (Lipinski definition) is 4. The van der Waals surface area contributed by atoms with E-state index in [4.69, 9.17) is 21.6 Å². The number of ether oxygens (including phenoxy) is 1. The number of pyridine rings is 1. The molecule has 0 aliphatic carbocycles. The van der Waals surface area contributed by atoms with Crippen LogP contribution in [0, 0.1) is 17.2 Å². The van der Waals surface area contributed by atoms with Gasteiger partial charge in [0.25, 0.3) is 0 Å². The molecule has 2 heterocycles. The van der Waals surface area contributed by atoms with Gasteiger partial charge in [-0.05, 0) is 37.1 Å². The van der Waals surface area contributed by atoms with Crippen molar-refractivity contribution >= 4 is 17.4 Å². The molecule has 5 heteroatoms. The third-order valence-corrected chi connectivity index (χ3v) is 4.31. The number of anilines is 1. The van der Waals surface area contributed by atoms with Gasteiger partial charge in [0.1, 0.15) is 17.6 Å². The predicted octanol–water partition coefficient (Wildman–Crippen LogP) is 3.90. The van der Waals surface area contributed by atoms with Gasteiger partial charge in [-0.2, -0.15) is 5.26 Å². The molecule has 23 heavy (non-hydrogen) atoms. The molecule has 1 aliphatic heterocycles. The van der Waals surface area contributed by atoms with Crippen molar-refractivity contribution < 1.29 is 4.74 Å². The van der Waals surface area contributed by atoms with E-state index in [1.54, 1.807) is 6.07 Å². The molecule has 0 radical (unpaired) electrons. The summed E-state index contributed by atoms with van der Waals surface area (Å²) in [5.74, 6) is 2.17. The minimum atomic E-state index is 0.284. The number of halogens is 1. The van der Waals surface area contributed by atoms with Crippen molar-refractivity contribution in [3.05, 3.63) is 53.2 Å². The number of nitrogens with zero attached hydrogens (tertiary/aromatic N) is 3. The molecule has 118 valence electrons. The molecule has 0 bridgehead atoms. The first kappa shape index (κ1) is 15.6. The third kappa shape index (κ3) is 3.94. The van der Waals surface area contributed by atoms with Crippen LogP contribution in [0.1, 0.15) is 18.5 Å². The lowest BCUT2D eigenvalue weighted by atomic mass is 9.99. The van der Waals surface area contributed by atoms with E-state index in [2.05, 4.69) is 9.88 Å². The summed E-state index contributed by atoms with van der Waals surface area (Å²) in [5, 5.41) is 9.47. The van der Waals surface area contributed by atoms with Crippen molar-refractivity contribution in [2.24, 2.45) is 5.92 Å². The Hall–Kier alpha value is -2.25. The third-order valence-electron chi connectivity index (χ3n) is 4.01. The Balaban J connectivity index is 1.63. The zero-order valence-corrected chi connectivity index (χ0v) is 13.5. The lowest BCUT2D eigenvalue weighted by Crippen LogP contribution is -2.38. The molecule has 0 spiro atoms. The molecule has 1 aromatic heterocycles. The molecule has 1 unspecified atom stereocenters. The molecule has 1 atom stereocenters. The number of piperidine rings is 1. The van der Waals surface area contributed by atoms with E-state index in [0.29, 0.717) is 17.5 Å². The largest absolute Gasteiger partial charge is 0.493 e. The minimum Gasteiger partial charge on any atom is -0.493 e. The maximum Gasteiger partial charge on any atom is 0.161 e. The van der Waals surface area contributed by atoms with Crippen LogP contribution in [0.2, 0.25) is 5.02 Å². The summed E-state index contributed by atoms with van der Waals surface area (Å²) in [6, 6.07) is 15.5. The molecule has 2 aromatic rings. The van der Waals surface area contributed by atoms with E-state index in [1.807, 2.05) is 42.5 Å². The molecule has 0 N–H and O–H groups in total.